The number of fused-ring (bicyclic) bond motifs is 1. The van der Waals surface area contributed by atoms with Gasteiger partial charge in [-0.15, -0.1) is 0 Å². The number of aryl methyl sites for hydroxylation is 1. The fourth-order valence-electron chi connectivity index (χ4n) is 3.20. The largest absolute Gasteiger partial charge is 0.437 e. The van der Waals surface area contributed by atoms with Gasteiger partial charge >= 0.3 is 0 Å². The van der Waals surface area contributed by atoms with Gasteiger partial charge in [0.05, 0.1) is 21.7 Å². The second-order valence-corrected chi connectivity index (χ2v) is 9.82. The lowest BCUT2D eigenvalue weighted by molar-refractivity contribution is 0.101. The summed E-state index contributed by atoms with van der Waals surface area (Å²) >= 11 is 12.2. The molecule has 0 bridgehead atoms. The summed E-state index contributed by atoms with van der Waals surface area (Å²) in [6, 6.07) is 16.4. The van der Waals surface area contributed by atoms with Crippen molar-refractivity contribution in [2.24, 2.45) is 0 Å². The number of hydrogen-bond donors (Lipinski definition) is 2. The molecule has 34 heavy (non-hydrogen) atoms. The molecule has 1 amide bonds. The summed E-state index contributed by atoms with van der Waals surface area (Å²) in [5, 5.41) is 3.06. The summed E-state index contributed by atoms with van der Waals surface area (Å²) in [6.07, 6.45) is 0. The van der Waals surface area contributed by atoms with Crippen LogP contribution in [0.1, 0.15) is 16.1 Å². The first-order chi connectivity index (χ1) is 16.2. The second kappa shape index (κ2) is 9.55. The lowest BCUT2D eigenvalue weighted by Gasteiger charge is -2.15. The van der Waals surface area contributed by atoms with Gasteiger partial charge in [-0.25, -0.2) is 23.1 Å². The van der Waals surface area contributed by atoms with Crippen LogP contribution in [0, 0.1) is 6.92 Å². The predicted octanol–water partition coefficient (Wildman–Crippen LogP) is 5.20. The molecule has 0 radical (unpaired) electrons. The molecule has 2 N–H and O–H groups in total. The number of ether oxygens (including phenoxy) is 1. The number of carbonyl (C=O) groups is 1. The Labute approximate surface area is 206 Å². The monoisotopic (exact) mass is 516 g/mol. The van der Waals surface area contributed by atoms with Crippen LogP contribution in [0.2, 0.25) is 10.0 Å². The van der Waals surface area contributed by atoms with E-state index in [1.54, 1.807) is 49.4 Å². The first-order valence-corrected chi connectivity index (χ1v) is 12.2. The van der Waals surface area contributed by atoms with E-state index in [0.717, 1.165) is 5.56 Å². The minimum Gasteiger partial charge on any atom is -0.437 e. The molecule has 0 atom stereocenters. The zero-order valence-electron chi connectivity index (χ0n) is 18.0. The van der Waals surface area contributed by atoms with Crippen molar-refractivity contribution in [3.8, 4) is 11.6 Å². The molecule has 0 aliphatic rings. The Morgan fingerprint density at radius 3 is 2.35 bits per heavy atom. The van der Waals surface area contributed by atoms with E-state index in [9.17, 15) is 13.2 Å². The number of anilines is 1. The van der Waals surface area contributed by atoms with Crippen LogP contribution in [0.4, 0.5) is 5.69 Å². The van der Waals surface area contributed by atoms with Crippen molar-refractivity contribution >= 4 is 55.9 Å². The number of halogens is 2. The number of nitrogens with one attached hydrogen (secondary N) is 2. The Balaban J connectivity index is 1.80. The number of aromatic nitrogens is 2. The number of hydrogen-bond acceptors (Lipinski definition) is 6. The maximum atomic E-state index is 13.3. The van der Waals surface area contributed by atoms with Crippen molar-refractivity contribution in [3.05, 3.63) is 82.0 Å². The minimum atomic E-state index is -3.97. The van der Waals surface area contributed by atoms with Crippen LogP contribution in [0.3, 0.4) is 0 Å². The van der Waals surface area contributed by atoms with E-state index in [-0.39, 0.29) is 27.2 Å². The van der Waals surface area contributed by atoms with Gasteiger partial charge in [-0.05, 0) is 62.0 Å². The average Bonchev–Trinajstić information content (AvgIpc) is 2.80. The average molecular weight is 517 g/mol. The smallest absolute Gasteiger partial charge is 0.279 e. The van der Waals surface area contributed by atoms with Crippen LogP contribution in [-0.2, 0) is 10.0 Å². The van der Waals surface area contributed by atoms with E-state index in [1.165, 1.54) is 25.2 Å². The van der Waals surface area contributed by atoms with Gasteiger partial charge in [0.1, 0.15) is 10.6 Å². The highest BCUT2D eigenvalue weighted by Gasteiger charge is 2.25. The molecule has 0 aliphatic carbocycles. The minimum absolute atomic E-state index is 0.0181. The summed E-state index contributed by atoms with van der Waals surface area (Å²) in [7, 11) is -2.72. The first kappa shape index (κ1) is 23.9. The number of sulfonamides is 1. The van der Waals surface area contributed by atoms with Gasteiger partial charge in [-0.1, -0.05) is 41.4 Å². The number of carbonyl (C=O) groups excluding carboxylic acids is 1. The maximum absolute atomic E-state index is 13.3. The van der Waals surface area contributed by atoms with E-state index in [1.807, 2.05) is 0 Å². The molecule has 0 saturated carbocycles. The molecule has 0 unspecified atom stereocenters. The third kappa shape index (κ3) is 4.83. The topological polar surface area (TPSA) is 110 Å². The van der Waals surface area contributed by atoms with Gasteiger partial charge in [-0.2, -0.15) is 0 Å². The van der Waals surface area contributed by atoms with Crippen LogP contribution < -0.4 is 14.8 Å². The zero-order valence-corrected chi connectivity index (χ0v) is 20.3. The fraction of sp³-hybridized carbons (Fsp3) is 0.0870. The predicted molar refractivity (Wildman–Crippen MR) is 131 cm³/mol. The molecule has 1 heterocycles. The molecule has 0 fully saturated rings. The van der Waals surface area contributed by atoms with E-state index in [0.29, 0.717) is 21.8 Å². The van der Waals surface area contributed by atoms with Crippen molar-refractivity contribution in [1.82, 2.24) is 14.7 Å². The third-order valence-electron chi connectivity index (χ3n) is 4.85. The number of amides is 1. The van der Waals surface area contributed by atoms with Crippen LogP contribution in [0.5, 0.6) is 11.6 Å². The molecule has 3 aromatic carbocycles. The van der Waals surface area contributed by atoms with E-state index < -0.39 is 15.9 Å². The summed E-state index contributed by atoms with van der Waals surface area (Å²) in [4.78, 5) is 21.9. The zero-order chi connectivity index (χ0) is 24.5. The molecule has 1 aromatic heterocycles. The Bertz CT molecular complexity index is 1530. The van der Waals surface area contributed by atoms with Crippen molar-refractivity contribution in [3.63, 3.8) is 0 Å². The SMILES string of the molecule is CNS(=O)(=O)c1c(Cl)cccc1NC(=O)c1nc2ccccc2nc1Oc1ccc(Cl)cc1C. The van der Waals surface area contributed by atoms with Crippen molar-refractivity contribution in [1.29, 1.82) is 0 Å². The summed E-state index contributed by atoms with van der Waals surface area (Å²) < 4.78 is 33.2. The molecule has 8 nitrogen and oxygen atoms in total. The second-order valence-electron chi connectivity index (χ2n) is 7.16. The van der Waals surface area contributed by atoms with Gasteiger partial charge in [-0.3, -0.25) is 4.79 Å². The maximum Gasteiger partial charge on any atom is 0.279 e. The van der Waals surface area contributed by atoms with E-state index in [2.05, 4.69) is 20.0 Å². The van der Waals surface area contributed by atoms with Crippen molar-refractivity contribution in [2.75, 3.05) is 12.4 Å². The molecular formula is C23H18Cl2N4O4S. The fourth-order valence-corrected chi connectivity index (χ4v) is 4.84. The standard InChI is InChI=1S/C23H18Cl2N4O4S/c1-13-12-14(24)10-11-19(13)33-23-20(27-16-7-3-4-8-17(16)29-23)22(30)28-18-9-5-6-15(25)21(18)34(31,32)26-2/h3-12,26H,1-2H3,(H,28,30). The number of para-hydroxylation sites is 2. The Hall–Kier alpha value is -3.24. The van der Waals surface area contributed by atoms with E-state index >= 15 is 0 Å². The normalized spacial score (nSPS) is 11.4. The Kier molecular flexibility index (Phi) is 6.72. The van der Waals surface area contributed by atoms with Crippen LogP contribution >= 0.6 is 23.2 Å². The third-order valence-corrected chi connectivity index (χ3v) is 7.03. The van der Waals surface area contributed by atoms with Gasteiger partial charge in [0.15, 0.2) is 5.69 Å². The molecule has 4 aromatic rings. The van der Waals surface area contributed by atoms with Crippen molar-refractivity contribution < 1.29 is 17.9 Å². The molecule has 4 rings (SSSR count). The lowest BCUT2D eigenvalue weighted by Crippen LogP contribution is -2.23. The summed E-state index contributed by atoms with van der Waals surface area (Å²) in [6.45, 7) is 1.80. The van der Waals surface area contributed by atoms with Gasteiger partial charge in [0.2, 0.25) is 10.0 Å². The van der Waals surface area contributed by atoms with Crippen LogP contribution in [0.25, 0.3) is 11.0 Å². The van der Waals surface area contributed by atoms with Gasteiger partial charge < -0.3 is 10.1 Å². The summed E-state index contributed by atoms with van der Waals surface area (Å²) in [5.41, 5.74) is 1.55. The molecule has 0 aliphatic heterocycles. The Morgan fingerprint density at radius 1 is 0.971 bits per heavy atom. The number of benzene rings is 3. The molecule has 11 heteroatoms. The number of rotatable bonds is 6. The molecule has 174 valence electrons. The first-order valence-electron chi connectivity index (χ1n) is 9.94. The highest BCUT2D eigenvalue weighted by Crippen LogP contribution is 2.32. The van der Waals surface area contributed by atoms with Gasteiger partial charge in [0.25, 0.3) is 11.8 Å². The van der Waals surface area contributed by atoms with Crippen LogP contribution in [0.15, 0.2) is 65.6 Å². The molecular weight excluding hydrogens is 499 g/mol. The summed E-state index contributed by atoms with van der Waals surface area (Å²) in [5.74, 6) is -0.347. The lowest BCUT2D eigenvalue weighted by atomic mass is 10.2. The highest BCUT2D eigenvalue weighted by molar-refractivity contribution is 7.89. The van der Waals surface area contributed by atoms with Crippen LogP contribution in [-0.4, -0.2) is 31.3 Å². The van der Waals surface area contributed by atoms with Gasteiger partial charge in [0, 0.05) is 5.02 Å². The Morgan fingerprint density at radius 2 is 1.68 bits per heavy atom. The highest BCUT2D eigenvalue weighted by atomic mass is 35.5. The quantitative estimate of drug-likeness (QED) is 0.364. The van der Waals surface area contributed by atoms with Crippen molar-refractivity contribution in [2.45, 2.75) is 11.8 Å². The molecule has 0 spiro atoms. The molecule has 0 saturated heterocycles. The van der Waals surface area contributed by atoms with E-state index in [4.69, 9.17) is 27.9 Å². The number of nitrogens with zero attached hydrogens (tertiary/aromatic N) is 2.